The third-order valence-electron chi connectivity index (χ3n) is 6.63. The molecule has 5 rings (SSSR count). The fraction of sp³-hybridized carbons (Fsp3) is 0.400. The van der Waals surface area contributed by atoms with E-state index in [-0.39, 0.29) is 17.9 Å². The van der Waals surface area contributed by atoms with Crippen molar-refractivity contribution in [3.63, 3.8) is 0 Å². The largest absolute Gasteiger partial charge is 0.460 e. The first-order valence-electron chi connectivity index (χ1n) is 13.4. The summed E-state index contributed by atoms with van der Waals surface area (Å²) < 4.78 is 11.4. The van der Waals surface area contributed by atoms with Crippen LogP contribution in [-0.2, 0) is 22.7 Å². The average Bonchev–Trinajstić information content (AvgIpc) is 3.37. The predicted molar refractivity (Wildman–Crippen MR) is 152 cm³/mol. The average molecular weight is 557 g/mol. The highest BCUT2D eigenvalue weighted by Crippen LogP contribution is 2.30. The molecule has 0 bridgehead atoms. The number of hydrogen-bond donors (Lipinski definition) is 0. The monoisotopic (exact) mass is 556 g/mol. The highest BCUT2D eigenvalue weighted by atomic mass is 32.1. The van der Waals surface area contributed by atoms with Crippen molar-refractivity contribution in [3.05, 3.63) is 76.7 Å². The third-order valence-corrected chi connectivity index (χ3v) is 7.68. The first-order valence-corrected chi connectivity index (χ1v) is 14.2. The second-order valence-corrected chi connectivity index (χ2v) is 11.9. The summed E-state index contributed by atoms with van der Waals surface area (Å²) in [5, 5.41) is 10.5. The molecule has 0 N–H and O–H groups in total. The van der Waals surface area contributed by atoms with Crippen molar-refractivity contribution in [2.24, 2.45) is 5.92 Å². The molecular weight excluding hydrogens is 524 g/mol. The number of carbonyl (C=O) groups is 1. The number of fused-ring (bicyclic) bond motifs is 1. The van der Waals surface area contributed by atoms with Crippen LogP contribution in [0.1, 0.15) is 61.4 Å². The SMILES string of the molecule is CC(C)(C)OC(=O)C1CCN(Cc2ccc(COc3nccc(C(C#N)c4nc5cccnc5s4)n3)cc2)CC1. The number of likely N-dealkylation sites (tertiary alicyclic amines) is 1. The molecule has 40 heavy (non-hydrogen) atoms. The van der Waals surface area contributed by atoms with E-state index in [4.69, 9.17) is 9.47 Å². The molecule has 1 aliphatic heterocycles. The number of thiazole rings is 1. The number of nitriles is 1. The van der Waals surface area contributed by atoms with Crippen LogP contribution in [0.25, 0.3) is 10.3 Å². The summed E-state index contributed by atoms with van der Waals surface area (Å²) in [5.74, 6) is -0.723. The summed E-state index contributed by atoms with van der Waals surface area (Å²) in [6.07, 6.45) is 4.96. The molecule has 4 heterocycles. The second-order valence-electron chi connectivity index (χ2n) is 10.9. The van der Waals surface area contributed by atoms with Gasteiger partial charge in [0.2, 0.25) is 0 Å². The topological polar surface area (TPSA) is 114 Å². The van der Waals surface area contributed by atoms with E-state index in [1.165, 1.54) is 16.9 Å². The van der Waals surface area contributed by atoms with E-state index in [1.807, 2.05) is 45.0 Å². The maximum Gasteiger partial charge on any atom is 0.316 e. The summed E-state index contributed by atoms with van der Waals surface area (Å²) >= 11 is 1.39. The van der Waals surface area contributed by atoms with Gasteiger partial charge in [-0.2, -0.15) is 10.2 Å². The molecule has 1 unspecified atom stereocenters. The molecule has 10 heteroatoms. The van der Waals surface area contributed by atoms with E-state index < -0.39 is 11.5 Å². The number of carbonyl (C=O) groups excluding carboxylic acids is 1. The Bertz CT molecular complexity index is 1470. The van der Waals surface area contributed by atoms with Crippen molar-refractivity contribution in [3.8, 4) is 12.1 Å². The van der Waals surface area contributed by atoms with Gasteiger partial charge < -0.3 is 9.47 Å². The van der Waals surface area contributed by atoms with E-state index >= 15 is 0 Å². The van der Waals surface area contributed by atoms with Crippen molar-refractivity contribution in [2.75, 3.05) is 13.1 Å². The fourth-order valence-corrected chi connectivity index (χ4v) is 5.57. The standard InChI is InChI=1S/C30H32N6O3S/c1-30(2,3)39-28(37)22-11-15-36(16-12-22)18-20-6-8-21(9-7-20)19-38-29-33-14-10-24(35-29)23(17-31)26-34-25-5-4-13-32-27(25)40-26/h4-10,13-14,22-23H,11-12,15-16,18-19H2,1-3H3. The lowest BCUT2D eigenvalue weighted by Gasteiger charge is -2.32. The minimum atomic E-state index is -0.627. The molecule has 1 fully saturated rings. The Morgan fingerprint density at radius 1 is 1.07 bits per heavy atom. The van der Waals surface area contributed by atoms with Gasteiger partial charge in [0.15, 0.2) is 0 Å². The van der Waals surface area contributed by atoms with E-state index in [0.29, 0.717) is 17.3 Å². The van der Waals surface area contributed by atoms with E-state index in [1.54, 1.807) is 18.5 Å². The maximum absolute atomic E-state index is 12.4. The van der Waals surface area contributed by atoms with Gasteiger partial charge in [-0.1, -0.05) is 35.6 Å². The number of benzene rings is 1. The van der Waals surface area contributed by atoms with Crippen molar-refractivity contribution >= 4 is 27.7 Å². The second kappa shape index (κ2) is 12.1. The van der Waals surface area contributed by atoms with Crippen molar-refractivity contribution in [2.45, 2.75) is 58.3 Å². The summed E-state index contributed by atoms with van der Waals surface area (Å²) in [5.41, 5.74) is 3.07. The van der Waals surface area contributed by atoms with Gasteiger partial charge in [0.25, 0.3) is 0 Å². The molecule has 0 aliphatic carbocycles. The van der Waals surface area contributed by atoms with E-state index in [0.717, 1.165) is 48.4 Å². The van der Waals surface area contributed by atoms with Crippen LogP contribution >= 0.6 is 11.3 Å². The van der Waals surface area contributed by atoms with Gasteiger partial charge in [-0.3, -0.25) is 9.69 Å². The predicted octanol–water partition coefficient (Wildman–Crippen LogP) is 5.27. The first-order chi connectivity index (χ1) is 19.3. The van der Waals surface area contributed by atoms with E-state index in [2.05, 4.69) is 43.0 Å². The third kappa shape index (κ3) is 6.97. The number of hydrogen-bond acceptors (Lipinski definition) is 10. The lowest BCUT2D eigenvalue weighted by molar-refractivity contribution is -0.161. The molecule has 1 aromatic carbocycles. The van der Waals surface area contributed by atoms with Crippen LogP contribution in [0.4, 0.5) is 0 Å². The zero-order valence-corrected chi connectivity index (χ0v) is 23.7. The molecule has 0 saturated carbocycles. The normalized spacial score (nSPS) is 15.4. The molecule has 1 aliphatic rings. The lowest BCUT2D eigenvalue weighted by Crippen LogP contribution is -2.38. The molecule has 4 aromatic rings. The van der Waals surface area contributed by atoms with Gasteiger partial charge in [0, 0.05) is 18.9 Å². The number of nitrogens with zero attached hydrogens (tertiary/aromatic N) is 6. The van der Waals surface area contributed by atoms with Crippen LogP contribution in [0.2, 0.25) is 0 Å². The molecule has 9 nitrogen and oxygen atoms in total. The zero-order valence-electron chi connectivity index (χ0n) is 22.9. The van der Waals surface area contributed by atoms with E-state index in [9.17, 15) is 10.1 Å². The number of aromatic nitrogens is 4. The molecule has 1 atom stereocenters. The highest BCUT2D eigenvalue weighted by molar-refractivity contribution is 7.18. The quantitative estimate of drug-likeness (QED) is 0.268. The zero-order chi connectivity index (χ0) is 28.1. The fourth-order valence-electron chi connectivity index (χ4n) is 4.60. The molecular formula is C30H32N6O3S. The minimum absolute atomic E-state index is 0.0163. The van der Waals surface area contributed by atoms with Gasteiger partial charge in [0.05, 0.1) is 17.7 Å². The van der Waals surface area contributed by atoms with Crippen LogP contribution in [0.15, 0.2) is 54.9 Å². The molecule has 3 aromatic heterocycles. The maximum atomic E-state index is 12.4. The van der Waals surface area contributed by atoms with Gasteiger partial charge in [0.1, 0.15) is 33.5 Å². The number of piperidine rings is 1. The smallest absolute Gasteiger partial charge is 0.316 e. The Kier molecular flexibility index (Phi) is 8.33. The molecule has 0 spiro atoms. The van der Waals surface area contributed by atoms with Crippen LogP contribution in [-0.4, -0.2) is 49.5 Å². The number of pyridine rings is 1. The molecule has 0 radical (unpaired) electrons. The van der Waals surface area contributed by atoms with Crippen LogP contribution in [0, 0.1) is 17.2 Å². The summed E-state index contributed by atoms with van der Waals surface area (Å²) in [4.78, 5) is 33.1. The minimum Gasteiger partial charge on any atom is -0.460 e. The molecule has 0 amide bonds. The van der Waals surface area contributed by atoms with Gasteiger partial charge in [-0.15, -0.1) is 0 Å². The molecule has 206 valence electrons. The highest BCUT2D eigenvalue weighted by Gasteiger charge is 2.29. The van der Waals surface area contributed by atoms with Crippen molar-refractivity contribution in [1.29, 1.82) is 5.26 Å². The summed E-state index contributed by atoms with van der Waals surface area (Å²) in [6.45, 7) is 8.63. The van der Waals surface area contributed by atoms with Gasteiger partial charge in [-0.05, 0) is 76.0 Å². The number of ether oxygens (including phenoxy) is 2. The van der Waals surface area contributed by atoms with Crippen LogP contribution in [0.3, 0.4) is 0 Å². The Balaban J connectivity index is 1.13. The summed E-state index contributed by atoms with van der Waals surface area (Å²) in [6, 6.07) is 16.2. The van der Waals surface area contributed by atoms with Crippen molar-refractivity contribution in [1.82, 2.24) is 24.8 Å². The number of esters is 1. The Morgan fingerprint density at radius 3 is 2.52 bits per heavy atom. The summed E-state index contributed by atoms with van der Waals surface area (Å²) in [7, 11) is 0. The first kappa shape index (κ1) is 27.6. The lowest BCUT2D eigenvalue weighted by atomic mass is 9.96. The Labute approximate surface area is 237 Å². The Hall–Kier alpha value is -3.94. The van der Waals surface area contributed by atoms with Crippen molar-refractivity contribution < 1.29 is 14.3 Å². The Morgan fingerprint density at radius 2 is 1.82 bits per heavy atom. The van der Waals surface area contributed by atoms with Crippen LogP contribution in [0.5, 0.6) is 6.01 Å². The molecule has 1 saturated heterocycles. The van der Waals surface area contributed by atoms with Gasteiger partial charge in [-0.25, -0.2) is 15.0 Å². The van der Waals surface area contributed by atoms with Gasteiger partial charge >= 0.3 is 12.0 Å². The number of rotatable bonds is 8. The van der Waals surface area contributed by atoms with Crippen LogP contribution < -0.4 is 4.74 Å².